The van der Waals surface area contributed by atoms with Gasteiger partial charge in [0.1, 0.15) is 22.6 Å². The summed E-state index contributed by atoms with van der Waals surface area (Å²) >= 11 is 11.7. The molecule has 9 heteroatoms. The zero-order valence-electron chi connectivity index (χ0n) is 19.1. The van der Waals surface area contributed by atoms with Crippen LogP contribution in [0.1, 0.15) is 11.3 Å². The minimum Gasteiger partial charge on any atom is -0.457 e. The van der Waals surface area contributed by atoms with Gasteiger partial charge in [-0.15, -0.1) is 10.2 Å². The number of hydrogen-bond acceptors (Lipinski definition) is 5. The van der Waals surface area contributed by atoms with Gasteiger partial charge in [0.05, 0.1) is 16.4 Å². The van der Waals surface area contributed by atoms with Gasteiger partial charge in [0.15, 0.2) is 5.11 Å². The van der Waals surface area contributed by atoms with Gasteiger partial charge in [0.25, 0.3) is 0 Å². The zero-order valence-corrected chi connectivity index (χ0v) is 20.7. The Morgan fingerprint density at radius 2 is 1.72 bits per heavy atom. The van der Waals surface area contributed by atoms with Crippen molar-refractivity contribution in [1.82, 2.24) is 20.3 Å². The summed E-state index contributed by atoms with van der Waals surface area (Å²) in [6.07, 6.45) is 2.92. The number of aryl methyl sites for hydroxylation is 1. The highest BCUT2D eigenvalue weighted by atomic mass is 35.5. The fraction of sp³-hybridized carbons (Fsp3) is 0.0370. The molecule has 5 aromatic rings. The first kappa shape index (κ1) is 23.5. The van der Waals surface area contributed by atoms with Crippen molar-refractivity contribution in [3.8, 4) is 17.0 Å². The van der Waals surface area contributed by atoms with Crippen molar-refractivity contribution in [2.45, 2.75) is 6.92 Å². The number of nitrogens with zero attached hydrogens (tertiary/aromatic N) is 3. The van der Waals surface area contributed by atoms with E-state index in [0.717, 1.165) is 22.6 Å². The molecular formula is C27H20ClN5O2S. The number of thiocarbonyl (C=S) groups is 1. The summed E-state index contributed by atoms with van der Waals surface area (Å²) in [6.45, 7) is 2.02. The summed E-state index contributed by atoms with van der Waals surface area (Å²) in [7, 11) is 0. The fourth-order valence-corrected chi connectivity index (χ4v) is 3.91. The third kappa shape index (κ3) is 5.35. The van der Waals surface area contributed by atoms with Gasteiger partial charge in [-0.2, -0.15) is 4.80 Å². The van der Waals surface area contributed by atoms with Crippen molar-refractivity contribution in [3.05, 3.63) is 101 Å². The normalized spacial score (nSPS) is 11.2. The molecule has 178 valence electrons. The number of amides is 1. The van der Waals surface area contributed by atoms with E-state index in [0.29, 0.717) is 27.5 Å². The lowest BCUT2D eigenvalue weighted by atomic mass is 10.2. The number of carbonyl (C=O) groups is 1. The number of aromatic nitrogens is 3. The standard InChI is InChI=1S/C27H20ClN5O2S/c1-17-7-9-19(10-8-17)33-31-23-15-21(28)22(16-24(23)32-33)29-27(36)30-26(34)14-12-20-11-13-25(35-20)18-5-3-2-4-6-18/h2-16H,1H3,(H2,29,30,34,36)/b14-12+. The molecule has 0 aliphatic carbocycles. The maximum absolute atomic E-state index is 12.3. The molecule has 0 bridgehead atoms. The molecule has 0 spiro atoms. The van der Waals surface area contributed by atoms with Crippen LogP contribution in [0.15, 0.2) is 89.4 Å². The molecule has 0 aliphatic rings. The van der Waals surface area contributed by atoms with Gasteiger partial charge < -0.3 is 9.73 Å². The average Bonchev–Trinajstić information content (AvgIpc) is 3.51. The molecule has 2 aromatic heterocycles. The Balaban J connectivity index is 1.23. The predicted octanol–water partition coefficient (Wildman–Crippen LogP) is 6.17. The lowest BCUT2D eigenvalue weighted by molar-refractivity contribution is -0.115. The van der Waals surface area contributed by atoms with Crippen molar-refractivity contribution in [1.29, 1.82) is 0 Å². The monoisotopic (exact) mass is 513 g/mol. The molecule has 36 heavy (non-hydrogen) atoms. The number of benzene rings is 3. The van der Waals surface area contributed by atoms with Crippen LogP contribution in [0, 0.1) is 6.92 Å². The molecule has 1 amide bonds. The number of nitrogens with one attached hydrogen (secondary N) is 2. The van der Waals surface area contributed by atoms with Crippen LogP contribution in [0.25, 0.3) is 34.1 Å². The Kier molecular flexibility index (Phi) is 6.62. The zero-order chi connectivity index (χ0) is 25.1. The third-order valence-corrected chi connectivity index (χ3v) is 5.82. The number of rotatable bonds is 5. The quantitative estimate of drug-likeness (QED) is 0.216. The van der Waals surface area contributed by atoms with Crippen molar-refractivity contribution in [2.75, 3.05) is 5.32 Å². The molecule has 0 aliphatic heterocycles. The second kappa shape index (κ2) is 10.2. The SMILES string of the molecule is Cc1ccc(-n2nc3cc(Cl)c(NC(=S)NC(=O)/C=C/c4ccc(-c5ccccc5)o4)cc3n2)cc1. The number of carbonyl (C=O) groups excluding carboxylic acids is 1. The smallest absolute Gasteiger partial charge is 0.250 e. The molecule has 7 nitrogen and oxygen atoms in total. The summed E-state index contributed by atoms with van der Waals surface area (Å²) in [5, 5.41) is 15.1. The van der Waals surface area contributed by atoms with Crippen LogP contribution in [0.3, 0.4) is 0 Å². The van der Waals surface area contributed by atoms with Crippen LogP contribution in [-0.4, -0.2) is 26.0 Å². The van der Waals surface area contributed by atoms with E-state index in [1.54, 1.807) is 29.1 Å². The van der Waals surface area contributed by atoms with E-state index in [-0.39, 0.29) is 5.11 Å². The van der Waals surface area contributed by atoms with Crippen molar-refractivity contribution in [2.24, 2.45) is 0 Å². The van der Waals surface area contributed by atoms with Crippen molar-refractivity contribution in [3.63, 3.8) is 0 Å². The van der Waals surface area contributed by atoms with Crippen LogP contribution >= 0.6 is 23.8 Å². The second-order valence-electron chi connectivity index (χ2n) is 7.99. The van der Waals surface area contributed by atoms with Gasteiger partial charge >= 0.3 is 0 Å². The number of halogens is 1. The number of fused-ring (bicyclic) bond motifs is 1. The maximum atomic E-state index is 12.3. The highest BCUT2D eigenvalue weighted by Gasteiger charge is 2.11. The molecule has 0 radical (unpaired) electrons. The third-order valence-electron chi connectivity index (χ3n) is 5.30. The van der Waals surface area contributed by atoms with Gasteiger partial charge in [-0.1, -0.05) is 59.6 Å². The maximum Gasteiger partial charge on any atom is 0.250 e. The lowest BCUT2D eigenvalue weighted by Crippen LogP contribution is -2.32. The Hall–Kier alpha value is -4.27. The molecule has 5 rings (SSSR count). The van der Waals surface area contributed by atoms with E-state index < -0.39 is 5.91 Å². The minimum absolute atomic E-state index is 0.0984. The van der Waals surface area contributed by atoms with Gasteiger partial charge in [0, 0.05) is 11.6 Å². The first-order valence-electron chi connectivity index (χ1n) is 11.0. The Labute approximate surface area is 217 Å². The molecule has 0 saturated carbocycles. The summed E-state index contributed by atoms with van der Waals surface area (Å²) in [5.74, 6) is 0.859. The molecule has 0 saturated heterocycles. The highest BCUT2D eigenvalue weighted by molar-refractivity contribution is 7.80. The van der Waals surface area contributed by atoms with Gasteiger partial charge in [-0.3, -0.25) is 10.1 Å². The van der Waals surface area contributed by atoms with Crippen LogP contribution < -0.4 is 10.6 Å². The molecule has 2 heterocycles. The van der Waals surface area contributed by atoms with Gasteiger partial charge in [-0.05, 0) is 61.6 Å². The van der Waals surface area contributed by atoms with Crippen LogP contribution in [-0.2, 0) is 4.79 Å². The van der Waals surface area contributed by atoms with E-state index in [2.05, 4.69) is 20.8 Å². The van der Waals surface area contributed by atoms with E-state index in [1.165, 1.54) is 6.08 Å². The van der Waals surface area contributed by atoms with E-state index >= 15 is 0 Å². The molecule has 0 unspecified atom stereocenters. The molecule has 0 fully saturated rings. The van der Waals surface area contributed by atoms with Crippen molar-refractivity contribution >= 4 is 57.6 Å². The van der Waals surface area contributed by atoms with E-state index in [4.69, 9.17) is 28.2 Å². The Morgan fingerprint density at radius 1 is 1.00 bits per heavy atom. The van der Waals surface area contributed by atoms with Gasteiger partial charge in [-0.25, -0.2) is 0 Å². The van der Waals surface area contributed by atoms with Crippen LogP contribution in [0.2, 0.25) is 5.02 Å². The molecule has 3 aromatic carbocycles. The summed E-state index contributed by atoms with van der Waals surface area (Å²) in [5.41, 5.74) is 4.72. The topological polar surface area (TPSA) is 85.0 Å². The van der Waals surface area contributed by atoms with Crippen LogP contribution in [0.5, 0.6) is 0 Å². The number of anilines is 1. The molecule has 0 atom stereocenters. The largest absolute Gasteiger partial charge is 0.457 e. The van der Waals surface area contributed by atoms with Gasteiger partial charge in [0.2, 0.25) is 5.91 Å². The molecule has 2 N–H and O–H groups in total. The summed E-state index contributed by atoms with van der Waals surface area (Å²) in [4.78, 5) is 13.9. The van der Waals surface area contributed by atoms with Crippen LogP contribution in [0.4, 0.5) is 5.69 Å². The number of furan rings is 1. The summed E-state index contributed by atoms with van der Waals surface area (Å²) in [6, 6.07) is 24.7. The number of hydrogen-bond donors (Lipinski definition) is 2. The van der Waals surface area contributed by atoms with E-state index in [9.17, 15) is 4.79 Å². The Morgan fingerprint density at radius 3 is 2.47 bits per heavy atom. The van der Waals surface area contributed by atoms with Crippen molar-refractivity contribution < 1.29 is 9.21 Å². The fourth-order valence-electron chi connectivity index (χ4n) is 3.49. The van der Waals surface area contributed by atoms with E-state index in [1.807, 2.05) is 67.6 Å². The predicted molar refractivity (Wildman–Crippen MR) is 146 cm³/mol. The lowest BCUT2D eigenvalue weighted by Gasteiger charge is -2.09. The second-order valence-corrected chi connectivity index (χ2v) is 8.81. The average molecular weight is 514 g/mol. The Bertz CT molecular complexity index is 1590. The first-order chi connectivity index (χ1) is 17.4. The minimum atomic E-state index is -0.410. The molecular weight excluding hydrogens is 494 g/mol. The highest BCUT2D eigenvalue weighted by Crippen LogP contribution is 2.27. The summed E-state index contributed by atoms with van der Waals surface area (Å²) < 4.78 is 5.77. The first-order valence-corrected chi connectivity index (χ1v) is 11.8.